The molecule has 0 aliphatic rings. The van der Waals surface area contributed by atoms with Crippen LogP contribution in [-0.4, -0.2) is 42.2 Å². The zero-order valence-electron chi connectivity index (χ0n) is 26.2. The molecule has 0 aliphatic heterocycles. The van der Waals surface area contributed by atoms with Gasteiger partial charge in [0.05, 0.1) is 25.2 Å². The van der Waals surface area contributed by atoms with E-state index in [1.165, 1.54) is 37.3 Å². The molecule has 1 unspecified atom stereocenters. The molecule has 0 aliphatic carbocycles. The molecule has 0 fully saturated rings. The summed E-state index contributed by atoms with van der Waals surface area (Å²) in [6.07, 6.45) is 1.56. The Morgan fingerprint density at radius 2 is 1.58 bits per heavy atom. The summed E-state index contributed by atoms with van der Waals surface area (Å²) in [5, 5.41) is 10.9. The van der Waals surface area contributed by atoms with Crippen molar-refractivity contribution in [3.05, 3.63) is 124 Å². The van der Waals surface area contributed by atoms with Crippen molar-refractivity contribution >= 4 is 69.3 Å². The molecule has 1 atom stereocenters. The third-order valence-electron chi connectivity index (χ3n) is 6.93. The smallest absolute Gasteiger partial charge is 0.272 e. The first-order valence-corrected chi connectivity index (χ1v) is 16.8. The number of methoxy groups -OCH3 is 2. The van der Waals surface area contributed by atoms with E-state index in [1.807, 2.05) is 35.7 Å². The topological polar surface area (TPSA) is 119 Å². The van der Waals surface area contributed by atoms with Gasteiger partial charge in [-0.05, 0) is 73.2 Å². The Morgan fingerprint density at radius 1 is 0.875 bits per heavy atom. The number of carbonyl (C=O) groups is 3. The van der Waals surface area contributed by atoms with Crippen LogP contribution < -0.4 is 25.4 Å². The summed E-state index contributed by atoms with van der Waals surface area (Å²) in [4.78, 5) is 44.7. The predicted molar refractivity (Wildman–Crippen MR) is 193 cm³/mol. The summed E-state index contributed by atoms with van der Waals surface area (Å²) in [6.45, 7) is 1.80. The Labute approximate surface area is 291 Å². The van der Waals surface area contributed by atoms with Gasteiger partial charge in [-0.25, -0.2) is 4.98 Å². The highest BCUT2D eigenvalue weighted by atomic mass is 35.5. The fourth-order valence-corrected chi connectivity index (χ4v) is 6.27. The van der Waals surface area contributed by atoms with E-state index in [1.54, 1.807) is 79.7 Å². The lowest BCUT2D eigenvalue weighted by molar-refractivity contribution is -0.115. The van der Waals surface area contributed by atoms with Crippen molar-refractivity contribution in [1.29, 1.82) is 0 Å². The molecule has 0 saturated carbocycles. The summed E-state index contributed by atoms with van der Waals surface area (Å²) in [7, 11) is 3.05. The third-order valence-corrected chi connectivity index (χ3v) is 9.13. The van der Waals surface area contributed by atoms with Crippen LogP contribution in [-0.2, 0) is 9.59 Å². The van der Waals surface area contributed by atoms with Gasteiger partial charge in [0, 0.05) is 32.1 Å². The van der Waals surface area contributed by atoms with E-state index in [9.17, 15) is 14.4 Å². The number of rotatable bonds is 12. The summed E-state index contributed by atoms with van der Waals surface area (Å²) in [5.41, 5.74) is 3.04. The van der Waals surface area contributed by atoms with E-state index >= 15 is 0 Å². The molecule has 1 aromatic heterocycles. The number of halogens is 1. The highest BCUT2D eigenvalue weighted by Crippen LogP contribution is 2.32. The highest BCUT2D eigenvalue weighted by Gasteiger charge is 2.19. The Morgan fingerprint density at radius 3 is 2.29 bits per heavy atom. The molecule has 5 aromatic rings. The zero-order chi connectivity index (χ0) is 34.0. The highest BCUT2D eigenvalue weighted by molar-refractivity contribution is 8.00. The number of ether oxygens (including phenoxy) is 2. The van der Waals surface area contributed by atoms with Gasteiger partial charge in [-0.15, -0.1) is 23.1 Å². The summed E-state index contributed by atoms with van der Waals surface area (Å²) >= 11 is 8.98. The molecule has 3 N–H and O–H groups in total. The van der Waals surface area contributed by atoms with Crippen molar-refractivity contribution in [3.63, 3.8) is 0 Å². The predicted octanol–water partition coefficient (Wildman–Crippen LogP) is 8.01. The van der Waals surface area contributed by atoms with Gasteiger partial charge in [-0.1, -0.05) is 54.1 Å². The van der Waals surface area contributed by atoms with Crippen molar-refractivity contribution in [2.24, 2.45) is 0 Å². The van der Waals surface area contributed by atoms with Crippen molar-refractivity contribution in [2.45, 2.75) is 17.1 Å². The van der Waals surface area contributed by atoms with Crippen LogP contribution >= 0.6 is 34.7 Å². The van der Waals surface area contributed by atoms with Crippen LogP contribution in [0.3, 0.4) is 0 Å². The second-order valence-corrected chi connectivity index (χ2v) is 12.9. The maximum Gasteiger partial charge on any atom is 0.272 e. The van der Waals surface area contributed by atoms with E-state index in [2.05, 4.69) is 20.9 Å². The number of nitrogens with zero attached hydrogens (tertiary/aromatic N) is 1. The molecular formula is C36H31ClN4O5S2. The van der Waals surface area contributed by atoms with Crippen LogP contribution in [0.1, 0.15) is 22.8 Å². The minimum atomic E-state index is -0.526. The quantitative estimate of drug-likeness (QED) is 0.0892. The van der Waals surface area contributed by atoms with Gasteiger partial charge in [0.1, 0.15) is 5.70 Å². The summed E-state index contributed by atoms with van der Waals surface area (Å²) < 4.78 is 10.7. The molecule has 0 spiro atoms. The molecular weight excluding hydrogens is 668 g/mol. The van der Waals surface area contributed by atoms with Crippen LogP contribution in [0.25, 0.3) is 17.3 Å². The van der Waals surface area contributed by atoms with Gasteiger partial charge in [0.2, 0.25) is 5.91 Å². The summed E-state index contributed by atoms with van der Waals surface area (Å²) in [5.74, 6) is -0.151. The van der Waals surface area contributed by atoms with Gasteiger partial charge in [0.15, 0.2) is 16.6 Å². The molecule has 12 heteroatoms. The molecule has 0 radical (unpaired) electrons. The minimum absolute atomic E-state index is 0.0275. The number of thiazole rings is 1. The second-order valence-electron chi connectivity index (χ2n) is 10.2. The number of benzene rings is 4. The van der Waals surface area contributed by atoms with Crippen molar-refractivity contribution in [3.8, 4) is 22.8 Å². The van der Waals surface area contributed by atoms with E-state index in [0.717, 1.165) is 10.5 Å². The Balaban J connectivity index is 1.24. The van der Waals surface area contributed by atoms with Gasteiger partial charge in [0.25, 0.3) is 11.8 Å². The van der Waals surface area contributed by atoms with Crippen LogP contribution in [0.2, 0.25) is 5.02 Å². The fraction of sp³-hybridized carbons (Fsp3) is 0.111. The van der Waals surface area contributed by atoms with Crippen LogP contribution in [0.4, 0.5) is 10.8 Å². The SMILES string of the molecule is COc1ccc(/C=C(\NC(=O)c2ccccc2)C(=O)Nc2ccc(SC(C)C(=O)Nc3nc(-c4ccccc4Cl)cs3)cc2)cc1OC. The molecule has 9 nitrogen and oxygen atoms in total. The third kappa shape index (κ3) is 8.82. The number of anilines is 2. The van der Waals surface area contributed by atoms with Crippen molar-refractivity contribution in [1.82, 2.24) is 10.3 Å². The van der Waals surface area contributed by atoms with Crippen molar-refractivity contribution < 1.29 is 23.9 Å². The standard InChI is InChI=1S/C36H31ClN4O5S2/c1-22(33(42)41-36-40-30(21-47-36)27-11-7-8-12-28(27)37)48-26-16-14-25(15-17-26)38-35(44)29(39-34(43)24-9-5-4-6-10-24)19-23-13-18-31(45-2)32(20-23)46-3/h4-22H,1-3H3,(H,38,44)(H,39,43)(H,40,41,42)/b29-19-. The lowest BCUT2D eigenvalue weighted by Crippen LogP contribution is -2.30. The average Bonchev–Trinajstić information content (AvgIpc) is 3.57. The maximum absolute atomic E-state index is 13.5. The number of amides is 3. The molecule has 0 bridgehead atoms. The van der Waals surface area contributed by atoms with Gasteiger partial charge in [-0.2, -0.15) is 0 Å². The molecule has 3 amide bonds. The molecule has 5 rings (SSSR count). The van der Waals surface area contributed by atoms with E-state index in [4.69, 9.17) is 21.1 Å². The first kappa shape index (κ1) is 34.2. The lowest BCUT2D eigenvalue weighted by atomic mass is 10.1. The molecule has 48 heavy (non-hydrogen) atoms. The maximum atomic E-state index is 13.5. The second kappa shape index (κ2) is 16.1. The number of aromatic nitrogens is 1. The molecule has 1 heterocycles. The Bertz CT molecular complexity index is 1950. The van der Waals surface area contributed by atoms with Gasteiger partial charge >= 0.3 is 0 Å². The number of hydrogen-bond donors (Lipinski definition) is 3. The number of thioether (sulfide) groups is 1. The molecule has 0 saturated heterocycles. The number of hydrogen-bond acceptors (Lipinski definition) is 8. The van der Waals surface area contributed by atoms with Crippen molar-refractivity contribution in [2.75, 3.05) is 24.9 Å². The number of carbonyl (C=O) groups excluding carboxylic acids is 3. The minimum Gasteiger partial charge on any atom is -0.493 e. The molecule has 244 valence electrons. The molecule has 4 aromatic carbocycles. The average molecular weight is 699 g/mol. The van der Waals surface area contributed by atoms with Crippen LogP contribution in [0.15, 0.2) is 113 Å². The first-order valence-electron chi connectivity index (χ1n) is 14.6. The van der Waals surface area contributed by atoms with Crippen LogP contribution in [0.5, 0.6) is 11.5 Å². The zero-order valence-corrected chi connectivity index (χ0v) is 28.5. The summed E-state index contributed by atoms with van der Waals surface area (Å²) in [6, 6.07) is 28.3. The number of nitrogens with one attached hydrogen (secondary N) is 3. The van der Waals surface area contributed by atoms with E-state index in [-0.39, 0.29) is 11.6 Å². The van der Waals surface area contributed by atoms with Gasteiger partial charge < -0.3 is 25.4 Å². The first-order chi connectivity index (χ1) is 23.2. The lowest BCUT2D eigenvalue weighted by Gasteiger charge is -2.13. The largest absolute Gasteiger partial charge is 0.493 e. The Kier molecular flexibility index (Phi) is 11.5. The van der Waals surface area contributed by atoms with E-state index in [0.29, 0.717) is 44.2 Å². The van der Waals surface area contributed by atoms with Crippen LogP contribution in [0, 0.1) is 0 Å². The monoisotopic (exact) mass is 698 g/mol. The van der Waals surface area contributed by atoms with Gasteiger partial charge in [-0.3, -0.25) is 14.4 Å². The fourth-order valence-electron chi connectivity index (χ4n) is 4.46. The Hall–Kier alpha value is -5.10. The normalized spacial score (nSPS) is 11.7. The van der Waals surface area contributed by atoms with E-state index < -0.39 is 17.1 Å².